The molecule has 1 heterocycles. The van der Waals surface area contributed by atoms with E-state index in [-0.39, 0.29) is 6.10 Å². The van der Waals surface area contributed by atoms with Gasteiger partial charge in [0.1, 0.15) is 18.5 Å². The van der Waals surface area contributed by atoms with Crippen LogP contribution in [0, 0.1) is 0 Å². The monoisotopic (exact) mass is 279 g/mol. The molecule has 1 aliphatic heterocycles. The second-order valence-electron chi connectivity index (χ2n) is 5.40. The highest BCUT2D eigenvalue weighted by molar-refractivity contribution is 5.27. The Labute approximate surface area is 121 Å². The third-order valence-corrected chi connectivity index (χ3v) is 3.57. The van der Waals surface area contributed by atoms with Gasteiger partial charge in [-0.3, -0.25) is 4.90 Å². The van der Waals surface area contributed by atoms with Crippen LogP contribution in [-0.2, 0) is 11.2 Å². The van der Waals surface area contributed by atoms with E-state index in [1.54, 1.807) is 0 Å². The molecule has 1 saturated heterocycles. The standard InChI is InChI=1S/C16H25NO3/c1-3-14-4-6-16(7-5-14)20-12-15(18)11-17-8-9-19-13(2)10-17/h4-7,13,15,18H,3,8-12H2,1-2H3/t13-,15-/m0/s1. The van der Waals surface area contributed by atoms with E-state index in [9.17, 15) is 5.11 Å². The molecular weight excluding hydrogens is 254 g/mol. The Morgan fingerprint density at radius 2 is 2.15 bits per heavy atom. The predicted octanol–water partition coefficient (Wildman–Crippen LogP) is 1.71. The second kappa shape index (κ2) is 7.62. The van der Waals surface area contributed by atoms with Gasteiger partial charge < -0.3 is 14.6 Å². The topological polar surface area (TPSA) is 41.9 Å². The zero-order valence-electron chi connectivity index (χ0n) is 12.4. The minimum Gasteiger partial charge on any atom is -0.491 e. The van der Waals surface area contributed by atoms with Crippen LogP contribution >= 0.6 is 0 Å². The van der Waals surface area contributed by atoms with E-state index in [1.165, 1.54) is 5.56 Å². The number of aliphatic hydroxyl groups excluding tert-OH is 1. The van der Waals surface area contributed by atoms with E-state index in [2.05, 4.69) is 30.9 Å². The smallest absolute Gasteiger partial charge is 0.119 e. The molecule has 0 spiro atoms. The lowest BCUT2D eigenvalue weighted by Gasteiger charge is -2.32. The SMILES string of the molecule is CCc1ccc(OC[C@@H](O)CN2CCO[C@@H](C)C2)cc1. The molecule has 0 saturated carbocycles. The highest BCUT2D eigenvalue weighted by Gasteiger charge is 2.19. The number of aryl methyl sites for hydroxylation is 1. The van der Waals surface area contributed by atoms with Gasteiger partial charge in [-0.05, 0) is 31.0 Å². The largest absolute Gasteiger partial charge is 0.491 e. The molecule has 20 heavy (non-hydrogen) atoms. The summed E-state index contributed by atoms with van der Waals surface area (Å²) in [6, 6.07) is 8.04. The molecular formula is C16H25NO3. The molecule has 0 unspecified atom stereocenters. The molecule has 1 N–H and O–H groups in total. The average Bonchev–Trinajstić information content (AvgIpc) is 2.46. The van der Waals surface area contributed by atoms with Crippen LogP contribution in [0.2, 0.25) is 0 Å². The molecule has 2 rings (SSSR count). The summed E-state index contributed by atoms with van der Waals surface area (Å²) in [5, 5.41) is 10.0. The first-order chi connectivity index (χ1) is 9.67. The first-order valence-corrected chi connectivity index (χ1v) is 7.41. The summed E-state index contributed by atoms with van der Waals surface area (Å²) >= 11 is 0. The van der Waals surface area contributed by atoms with Gasteiger partial charge >= 0.3 is 0 Å². The van der Waals surface area contributed by atoms with Crippen LogP contribution in [0.4, 0.5) is 0 Å². The number of β-amino-alcohol motifs (C(OH)–C–C–N with tert-alkyl or cyclic N) is 1. The summed E-state index contributed by atoms with van der Waals surface area (Å²) < 4.78 is 11.1. The second-order valence-corrected chi connectivity index (χ2v) is 5.40. The van der Waals surface area contributed by atoms with Crippen molar-refractivity contribution in [1.29, 1.82) is 0 Å². The third-order valence-electron chi connectivity index (χ3n) is 3.57. The summed E-state index contributed by atoms with van der Waals surface area (Å²) in [5.41, 5.74) is 1.29. The Morgan fingerprint density at radius 3 is 2.80 bits per heavy atom. The van der Waals surface area contributed by atoms with E-state index >= 15 is 0 Å². The number of morpholine rings is 1. The minimum atomic E-state index is -0.467. The summed E-state index contributed by atoms with van der Waals surface area (Å²) in [6.07, 6.45) is 0.808. The van der Waals surface area contributed by atoms with Gasteiger partial charge in [-0.25, -0.2) is 0 Å². The number of benzene rings is 1. The highest BCUT2D eigenvalue weighted by atomic mass is 16.5. The van der Waals surface area contributed by atoms with Gasteiger partial charge in [0.2, 0.25) is 0 Å². The molecule has 1 aromatic carbocycles. The lowest BCUT2D eigenvalue weighted by atomic mass is 10.2. The van der Waals surface area contributed by atoms with Crippen molar-refractivity contribution in [2.75, 3.05) is 32.8 Å². The van der Waals surface area contributed by atoms with Crippen molar-refractivity contribution in [3.63, 3.8) is 0 Å². The molecule has 0 amide bonds. The molecule has 1 aromatic rings. The van der Waals surface area contributed by atoms with Crippen LogP contribution in [0.1, 0.15) is 19.4 Å². The van der Waals surface area contributed by atoms with Gasteiger partial charge in [0.05, 0.1) is 12.7 Å². The van der Waals surface area contributed by atoms with Gasteiger partial charge in [-0.15, -0.1) is 0 Å². The summed E-state index contributed by atoms with van der Waals surface area (Å²) in [6.45, 7) is 7.66. The van der Waals surface area contributed by atoms with Gasteiger partial charge in [0, 0.05) is 19.6 Å². The fourth-order valence-electron chi connectivity index (χ4n) is 2.42. The third kappa shape index (κ3) is 4.78. The maximum absolute atomic E-state index is 10.0. The van der Waals surface area contributed by atoms with Crippen molar-refractivity contribution in [3.05, 3.63) is 29.8 Å². The number of rotatable bonds is 6. The zero-order chi connectivity index (χ0) is 14.4. The van der Waals surface area contributed by atoms with Crippen LogP contribution in [0.5, 0.6) is 5.75 Å². The lowest BCUT2D eigenvalue weighted by molar-refractivity contribution is -0.0361. The van der Waals surface area contributed by atoms with Gasteiger partial charge in [-0.1, -0.05) is 19.1 Å². The van der Waals surface area contributed by atoms with Crippen LogP contribution in [0.15, 0.2) is 24.3 Å². The number of nitrogens with zero attached hydrogens (tertiary/aromatic N) is 1. The molecule has 0 aromatic heterocycles. The number of aliphatic hydroxyl groups is 1. The molecule has 4 nitrogen and oxygen atoms in total. The van der Waals surface area contributed by atoms with Crippen molar-refractivity contribution in [2.45, 2.75) is 32.5 Å². The minimum absolute atomic E-state index is 0.249. The van der Waals surface area contributed by atoms with E-state index in [0.717, 1.165) is 31.9 Å². The van der Waals surface area contributed by atoms with Crippen LogP contribution in [-0.4, -0.2) is 55.1 Å². The molecule has 0 aliphatic carbocycles. The maximum atomic E-state index is 10.0. The van der Waals surface area contributed by atoms with E-state index in [0.29, 0.717) is 13.2 Å². The molecule has 4 heteroatoms. The van der Waals surface area contributed by atoms with E-state index < -0.39 is 6.10 Å². The molecule has 1 aliphatic rings. The summed E-state index contributed by atoms with van der Waals surface area (Å²) in [4.78, 5) is 2.22. The lowest BCUT2D eigenvalue weighted by Crippen LogP contribution is -2.45. The van der Waals surface area contributed by atoms with Crippen molar-refractivity contribution in [1.82, 2.24) is 4.90 Å². The van der Waals surface area contributed by atoms with Gasteiger partial charge in [0.15, 0.2) is 0 Å². The zero-order valence-corrected chi connectivity index (χ0v) is 12.4. The van der Waals surface area contributed by atoms with E-state index in [1.807, 2.05) is 12.1 Å². The number of ether oxygens (including phenoxy) is 2. The molecule has 0 radical (unpaired) electrons. The Bertz CT molecular complexity index is 393. The maximum Gasteiger partial charge on any atom is 0.119 e. The Hall–Kier alpha value is -1.10. The van der Waals surface area contributed by atoms with E-state index in [4.69, 9.17) is 9.47 Å². The first kappa shape index (κ1) is 15.3. The fourth-order valence-corrected chi connectivity index (χ4v) is 2.42. The molecule has 2 atom stereocenters. The summed E-state index contributed by atoms with van der Waals surface area (Å²) in [5.74, 6) is 0.816. The Balaban J connectivity index is 1.72. The Kier molecular flexibility index (Phi) is 5.83. The number of hydrogen-bond acceptors (Lipinski definition) is 4. The number of hydrogen-bond donors (Lipinski definition) is 1. The van der Waals surface area contributed by atoms with Crippen LogP contribution in [0.25, 0.3) is 0 Å². The normalized spacial score (nSPS) is 21.6. The summed E-state index contributed by atoms with van der Waals surface area (Å²) in [7, 11) is 0. The fraction of sp³-hybridized carbons (Fsp3) is 0.625. The van der Waals surface area contributed by atoms with Crippen molar-refractivity contribution < 1.29 is 14.6 Å². The highest BCUT2D eigenvalue weighted by Crippen LogP contribution is 2.13. The van der Waals surface area contributed by atoms with Crippen LogP contribution in [0.3, 0.4) is 0 Å². The van der Waals surface area contributed by atoms with Crippen LogP contribution < -0.4 is 4.74 Å². The van der Waals surface area contributed by atoms with Crippen molar-refractivity contribution >= 4 is 0 Å². The van der Waals surface area contributed by atoms with Crippen molar-refractivity contribution in [3.8, 4) is 5.75 Å². The first-order valence-electron chi connectivity index (χ1n) is 7.41. The van der Waals surface area contributed by atoms with Gasteiger partial charge in [0.25, 0.3) is 0 Å². The molecule has 112 valence electrons. The molecule has 0 bridgehead atoms. The van der Waals surface area contributed by atoms with Crippen molar-refractivity contribution in [2.24, 2.45) is 0 Å². The predicted molar refractivity (Wildman–Crippen MR) is 79.2 cm³/mol. The Morgan fingerprint density at radius 1 is 1.40 bits per heavy atom. The quantitative estimate of drug-likeness (QED) is 0.861. The molecule has 1 fully saturated rings. The average molecular weight is 279 g/mol. The van der Waals surface area contributed by atoms with Gasteiger partial charge in [-0.2, -0.15) is 0 Å².